The first-order valence-electron chi connectivity index (χ1n) is 4.44. The molecular formula is C12H16Cl2Nb. The molecule has 83 valence electrons. The summed E-state index contributed by atoms with van der Waals surface area (Å²) >= 11 is 0. The molecule has 1 radical (unpaired) electrons. The molecular weight excluding hydrogens is 308 g/mol. The molecule has 2 aliphatic rings. The summed E-state index contributed by atoms with van der Waals surface area (Å²) in [6, 6.07) is 0. The fourth-order valence-corrected chi connectivity index (χ4v) is 1.13. The zero-order chi connectivity index (χ0) is 8.81. The van der Waals surface area contributed by atoms with Crippen molar-refractivity contribution in [3.05, 3.63) is 47.6 Å². The number of allylic oxidation sites excluding steroid dienone is 8. The third-order valence-corrected chi connectivity index (χ3v) is 1.91. The Morgan fingerprint density at radius 1 is 1.07 bits per heavy atom. The minimum atomic E-state index is 0. The number of halogens is 2. The fraction of sp³-hybridized carbons (Fsp3) is 0.333. The molecule has 0 N–H and O–H groups in total. The van der Waals surface area contributed by atoms with Crippen LogP contribution in [0.3, 0.4) is 0 Å². The van der Waals surface area contributed by atoms with E-state index in [0.717, 1.165) is 6.42 Å². The molecule has 0 aromatic rings. The van der Waals surface area contributed by atoms with Crippen molar-refractivity contribution in [3.8, 4) is 0 Å². The van der Waals surface area contributed by atoms with Crippen molar-refractivity contribution in [2.45, 2.75) is 26.7 Å². The fourth-order valence-electron chi connectivity index (χ4n) is 1.13. The maximum Gasteiger partial charge on any atom is 2.00 e. The molecule has 0 unspecified atom stereocenters. The summed E-state index contributed by atoms with van der Waals surface area (Å²) in [6.07, 6.45) is 15.2. The van der Waals surface area contributed by atoms with Gasteiger partial charge >= 0.3 is 22.4 Å². The van der Waals surface area contributed by atoms with Gasteiger partial charge in [0.15, 0.2) is 0 Å². The van der Waals surface area contributed by atoms with Crippen LogP contribution in [0.4, 0.5) is 0 Å². The van der Waals surface area contributed by atoms with Gasteiger partial charge in [-0.25, -0.2) is 0 Å². The molecule has 0 spiro atoms. The molecule has 0 fully saturated rings. The van der Waals surface area contributed by atoms with Gasteiger partial charge in [0.2, 0.25) is 0 Å². The van der Waals surface area contributed by atoms with Gasteiger partial charge < -0.3 is 24.8 Å². The van der Waals surface area contributed by atoms with Gasteiger partial charge in [0.25, 0.3) is 0 Å². The van der Waals surface area contributed by atoms with Crippen molar-refractivity contribution in [2.24, 2.45) is 0 Å². The van der Waals surface area contributed by atoms with Gasteiger partial charge in [-0.3, -0.25) is 0 Å². The molecule has 0 aliphatic heterocycles. The maximum atomic E-state index is 2.21. The largest absolute Gasteiger partial charge is 2.00 e. The van der Waals surface area contributed by atoms with E-state index in [4.69, 9.17) is 0 Å². The molecule has 0 aromatic carbocycles. The third-order valence-electron chi connectivity index (χ3n) is 1.91. The molecule has 0 aromatic heterocycles. The monoisotopic (exact) mass is 323 g/mol. The Morgan fingerprint density at radius 3 is 1.87 bits per heavy atom. The molecule has 0 atom stereocenters. The van der Waals surface area contributed by atoms with Crippen molar-refractivity contribution in [2.75, 3.05) is 0 Å². The van der Waals surface area contributed by atoms with Crippen LogP contribution in [0.2, 0.25) is 0 Å². The van der Waals surface area contributed by atoms with Crippen LogP contribution in [0.25, 0.3) is 0 Å². The Hall–Kier alpha value is 0.280. The molecule has 0 heterocycles. The Morgan fingerprint density at radius 2 is 1.73 bits per heavy atom. The summed E-state index contributed by atoms with van der Waals surface area (Å²) in [5.74, 6) is 0. The van der Waals surface area contributed by atoms with Crippen LogP contribution in [0.5, 0.6) is 0 Å². The quantitative estimate of drug-likeness (QED) is 0.444. The average Bonchev–Trinajstić information content (AvgIpc) is 2.63. The van der Waals surface area contributed by atoms with Crippen LogP contribution in [0.15, 0.2) is 47.6 Å². The van der Waals surface area contributed by atoms with Crippen LogP contribution in [0, 0.1) is 0 Å². The van der Waals surface area contributed by atoms with E-state index in [-0.39, 0.29) is 47.2 Å². The van der Waals surface area contributed by atoms with Crippen molar-refractivity contribution in [1.82, 2.24) is 0 Å². The van der Waals surface area contributed by atoms with Crippen LogP contribution in [-0.4, -0.2) is 0 Å². The molecule has 15 heavy (non-hydrogen) atoms. The second-order valence-electron chi connectivity index (χ2n) is 3.23. The van der Waals surface area contributed by atoms with Crippen LogP contribution in [0.1, 0.15) is 26.7 Å². The third kappa shape index (κ3) is 10.6. The molecule has 0 nitrogen and oxygen atoms in total. The number of hydrogen-bond donors (Lipinski definition) is 0. The SMILES string of the molecule is CC1=CC=CC1.CC1=CCC=C1.[Cl-].[Cl-].[Nb+2]. The normalized spacial score (nSPS) is 14.8. The van der Waals surface area contributed by atoms with E-state index in [1.807, 2.05) is 0 Å². The van der Waals surface area contributed by atoms with Gasteiger partial charge in [0.05, 0.1) is 0 Å². The minimum absolute atomic E-state index is 0. The van der Waals surface area contributed by atoms with Gasteiger partial charge in [-0.15, -0.1) is 0 Å². The van der Waals surface area contributed by atoms with Gasteiger partial charge in [-0.2, -0.15) is 0 Å². The average molecular weight is 324 g/mol. The topological polar surface area (TPSA) is 0 Å². The van der Waals surface area contributed by atoms with Gasteiger partial charge in [-0.05, 0) is 26.7 Å². The van der Waals surface area contributed by atoms with Crippen LogP contribution >= 0.6 is 0 Å². The van der Waals surface area contributed by atoms with Gasteiger partial charge in [0.1, 0.15) is 0 Å². The predicted octanol–water partition coefficient (Wildman–Crippen LogP) is -2.21. The minimum Gasteiger partial charge on any atom is -1.00 e. The molecule has 0 amide bonds. The zero-order valence-electron chi connectivity index (χ0n) is 9.08. The van der Waals surface area contributed by atoms with Crippen LogP contribution < -0.4 is 24.8 Å². The van der Waals surface area contributed by atoms with Crippen molar-refractivity contribution in [1.29, 1.82) is 0 Å². The molecule has 0 saturated heterocycles. The van der Waals surface area contributed by atoms with Gasteiger partial charge in [-0.1, -0.05) is 47.6 Å². The summed E-state index contributed by atoms with van der Waals surface area (Å²) in [6.45, 7) is 4.25. The Labute approximate surface area is 121 Å². The van der Waals surface area contributed by atoms with E-state index in [1.54, 1.807) is 0 Å². The van der Waals surface area contributed by atoms with E-state index >= 15 is 0 Å². The number of hydrogen-bond acceptors (Lipinski definition) is 0. The summed E-state index contributed by atoms with van der Waals surface area (Å²) in [5.41, 5.74) is 2.87. The summed E-state index contributed by atoms with van der Waals surface area (Å²) in [7, 11) is 0. The Kier molecular flexibility index (Phi) is 17.0. The van der Waals surface area contributed by atoms with E-state index < -0.39 is 0 Å². The van der Waals surface area contributed by atoms with E-state index in [2.05, 4.69) is 50.3 Å². The van der Waals surface area contributed by atoms with E-state index in [1.165, 1.54) is 17.6 Å². The van der Waals surface area contributed by atoms with Crippen molar-refractivity contribution < 1.29 is 47.2 Å². The summed E-state index contributed by atoms with van der Waals surface area (Å²) in [4.78, 5) is 0. The first-order valence-corrected chi connectivity index (χ1v) is 4.44. The molecule has 3 heteroatoms. The van der Waals surface area contributed by atoms with E-state index in [0.29, 0.717) is 0 Å². The first-order chi connectivity index (χ1) is 5.79. The molecule has 2 rings (SSSR count). The number of rotatable bonds is 0. The van der Waals surface area contributed by atoms with Gasteiger partial charge in [0, 0.05) is 0 Å². The summed E-state index contributed by atoms with van der Waals surface area (Å²) in [5, 5.41) is 0. The standard InChI is InChI=1S/2C6H8.2ClH.Nb/c2*1-6-4-2-3-5-6;;;/h2,4-5H,3H2,1H3;2-4H,5H2,1H3;2*1H;/q;;;;+2/p-2. The predicted molar refractivity (Wildman–Crippen MR) is 55.0 cm³/mol. The molecule has 0 saturated carbocycles. The van der Waals surface area contributed by atoms with Crippen molar-refractivity contribution >= 4 is 0 Å². The Balaban J connectivity index is -0.000000160. The Bertz CT molecular complexity index is 260. The summed E-state index contributed by atoms with van der Waals surface area (Å²) < 4.78 is 0. The van der Waals surface area contributed by atoms with Crippen molar-refractivity contribution in [3.63, 3.8) is 0 Å². The van der Waals surface area contributed by atoms with E-state index in [9.17, 15) is 0 Å². The zero-order valence-corrected chi connectivity index (χ0v) is 12.8. The van der Waals surface area contributed by atoms with Crippen LogP contribution in [-0.2, 0) is 22.4 Å². The maximum absolute atomic E-state index is 2.21. The molecule has 0 bridgehead atoms. The smallest absolute Gasteiger partial charge is 1.00 e. The molecule has 2 aliphatic carbocycles. The first kappa shape index (κ1) is 20.7. The second-order valence-corrected chi connectivity index (χ2v) is 3.23. The second kappa shape index (κ2) is 12.4.